The lowest BCUT2D eigenvalue weighted by Crippen LogP contribution is -3.14. The number of ether oxygens (including phenoxy) is 1. The molecule has 0 saturated carbocycles. The Balaban J connectivity index is 1.86. The van der Waals surface area contributed by atoms with E-state index < -0.39 is 0 Å². The van der Waals surface area contributed by atoms with Gasteiger partial charge in [-0.15, -0.1) is 0 Å². The van der Waals surface area contributed by atoms with Crippen molar-refractivity contribution in [3.05, 3.63) is 46.5 Å². The van der Waals surface area contributed by atoms with Crippen LogP contribution in [-0.4, -0.2) is 40.5 Å². The van der Waals surface area contributed by atoms with Crippen LogP contribution >= 0.6 is 0 Å². The maximum absolute atomic E-state index is 13.3. The number of nitrogens with one attached hydrogen (secondary N) is 2. The first-order chi connectivity index (χ1) is 12.9. The van der Waals surface area contributed by atoms with Crippen LogP contribution in [0.2, 0.25) is 0 Å². The number of likely N-dealkylation sites (tertiary alicyclic amines) is 1. The van der Waals surface area contributed by atoms with Crippen LogP contribution in [0, 0.1) is 13.8 Å². The van der Waals surface area contributed by atoms with Crippen LogP contribution in [0.4, 0.5) is 0 Å². The van der Waals surface area contributed by atoms with Gasteiger partial charge in [-0.1, -0.05) is 0 Å². The Kier molecular flexibility index (Phi) is 5.56. The molecule has 1 fully saturated rings. The predicted molar refractivity (Wildman–Crippen MR) is 103 cm³/mol. The van der Waals surface area contributed by atoms with Gasteiger partial charge in [0.1, 0.15) is 6.04 Å². The molecule has 0 amide bonds. The van der Waals surface area contributed by atoms with Crippen molar-refractivity contribution in [1.29, 1.82) is 0 Å². The van der Waals surface area contributed by atoms with E-state index in [0.717, 1.165) is 19.4 Å². The van der Waals surface area contributed by atoms with Crippen molar-refractivity contribution in [2.24, 2.45) is 7.05 Å². The Morgan fingerprint density at radius 3 is 2.78 bits per heavy atom. The molecule has 0 aliphatic carbocycles. The summed E-state index contributed by atoms with van der Waals surface area (Å²) in [5, 5.41) is 0. The second kappa shape index (κ2) is 7.72. The molecular weight excluding hydrogens is 342 g/mol. The summed E-state index contributed by atoms with van der Waals surface area (Å²) in [5.74, 6) is -0.312. The average molecular weight is 372 g/mol. The first-order valence-corrected chi connectivity index (χ1v) is 9.74. The summed E-state index contributed by atoms with van der Waals surface area (Å²) in [6.45, 7) is 8.72. The number of esters is 1. The summed E-state index contributed by atoms with van der Waals surface area (Å²) in [7, 11) is 2.06. The second-order valence-corrected chi connectivity index (χ2v) is 7.50. The summed E-state index contributed by atoms with van der Waals surface area (Å²) in [6.07, 6.45) is 4.25. The fourth-order valence-corrected chi connectivity index (χ4v) is 4.45. The van der Waals surface area contributed by atoms with E-state index in [0.29, 0.717) is 35.2 Å². The van der Waals surface area contributed by atoms with Crippen molar-refractivity contribution in [1.82, 2.24) is 9.55 Å². The number of rotatable bonds is 6. The average Bonchev–Trinajstić information content (AvgIpc) is 3.32. The number of carbonyl (C=O) groups excluding carboxylic acids is 2. The predicted octanol–water partition coefficient (Wildman–Crippen LogP) is 2.14. The molecule has 0 aromatic carbocycles. The zero-order valence-electron chi connectivity index (χ0n) is 16.9. The number of hydrogen-bond donors (Lipinski definition) is 2. The number of nitrogens with zero attached hydrogens (tertiary/aromatic N) is 1. The topological polar surface area (TPSA) is 68.5 Å². The highest BCUT2D eigenvalue weighted by Gasteiger charge is 2.39. The Morgan fingerprint density at radius 2 is 2.15 bits per heavy atom. The van der Waals surface area contributed by atoms with Gasteiger partial charge in [-0.3, -0.25) is 4.79 Å². The molecule has 1 saturated heterocycles. The van der Waals surface area contributed by atoms with Crippen LogP contribution in [0.15, 0.2) is 18.3 Å². The molecule has 3 atom stereocenters. The first-order valence-electron chi connectivity index (χ1n) is 9.74. The van der Waals surface area contributed by atoms with E-state index in [9.17, 15) is 9.59 Å². The third-order valence-corrected chi connectivity index (χ3v) is 5.86. The molecule has 0 bridgehead atoms. The fraction of sp³-hybridized carbons (Fsp3) is 0.524. The van der Waals surface area contributed by atoms with Gasteiger partial charge in [0.2, 0.25) is 5.78 Å². The Hall–Kier alpha value is -2.34. The van der Waals surface area contributed by atoms with Crippen molar-refractivity contribution in [2.45, 2.75) is 52.6 Å². The second-order valence-electron chi connectivity index (χ2n) is 7.50. The molecule has 27 heavy (non-hydrogen) atoms. The molecule has 146 valence electrons. The van der Waals surface area contributed by atoms with Gasteiger partial charge < -0.3 is 19.2 Å². The van der Waals surface area contributed by atoms with Gasteiger partial charge in [-0.05, 0) is 45.4 Å². The van der Waals surface area contributed by atoms with Gasteiger partial charge in [0.15, 0.2) is 6.04 Å². The molecule has 1 unspecified atom stereocenters. The SMILES string of the molecule is CCOC(=O)c1c(C)[nH]c(C(=O)[C@H](C)[NH+]2CCC[C@@H]2c2cccn2C)c1C. The van der Waals surface area contributed by atoms with Crippen LogP contribution in [0.3, 0.4) is 0 Å². The van der Waals surface area contributed by atoms with Crippen molar-refractivity contribution < 1.29 is 19.2 Å². The molecule has 2 aromatic rings. The highest BCUT2D eigenvalue weighted by atomic mass is 16.5. The molecule has 0 radical (unpaired) electrons. The third kappa shape index (κ3) is 3.46. The minimum Gasteiger partial charge on any atom is -0.462 e. The molecule has 3 rings (SSSR count). The number of aromatic amines is 1. The zero-order chi connectivity index (χ0) is 19.7. The van der Waals surface area contributed by atoms with Gasteiger partial charge in [-0.25, -0.2) is 4.79 Å². The van der Waals surface area contributed by atoms with E-state index in [4.69, 9.17) is 4.74 Å². The van der Waals surface area contributed by atoms with Gasteiger partial charge in [0.05, 0.1) is 30.1 Å². The molecule has 1 aliphatic rings. The number of carbonyl (C=O) groups is 2. The highest BCUT2D eigenvalue weighted by Crippen LogP contribution is 2.23. The van der Waals surface area contributed by atoms with Crippen LogP contribution in [0.25, 0.3) is 0 Å². The lowest BCUT2D eigenvalue weighted by molar-refractivity contribution is -0.932. The minimum absolute atomic E-state index is 0.0576. The molecule has 3 heterocycles. The van der Waals surface area contributed by atoms with Crippen molar-refractivity contribution in [2.75, 3.05) is 13.2 Å². The van der Waals surface area contributed by atoms with E-state index in [1.807, 2.05) is 20.8 Å². The number of aromatic nitrogens is 2. The molecule has 0 spiro atoms. The molecule has 6 nitrogen and oxygen atoms in total. The number of hydrogen-bond acceptors (Lipinski definition) is 3. The normalized spacial score (nSPS) is 20.6. The van der Waals surface area contributed by atoms with Crippen molar-refractivity contribution >= 4 is 11.8 Å². The van der Waals surface area contributed by atoms with Crippen LogP contribution in [-0.2, 0) is 11.8 Å². The van der Waals surface area contributed by atoms with E-state index in [1.54, 1.807) is 6.92 Å². The van der Waals surface area contributed by atoms with E-state index >= 15 is 0 Å². The van der Waals surface area contributed by atoms with Crippen LogP contribution in [0.1, 0.15) is 70.5 Å². The molecule has 6 heteroatoms. The zero-order valence-corrected chi connectivity index (χ0v) is 16.9. The number of ketones is 1. The number of aryl methyl sites for hydroxylation is 2. The number of Topliss-reactive ketones (excluding diaryl/α,β-unsaturated/α-hetero) is 1. The summed E-state index contributed by atoms with van der Waals surface area (Å²) >= 11 is 0. The summed E-state index contributed by atoms with van der Waals surface area (Å²) in [6, 6.07) is 4.35. The summed E-state index contributed by atoms with van der Waals surface area (Å²) in [4.78, 5) is 30.0. The van der Waals surface area contributed by atoms with Crippen LogP contribution in [0.5, 0.6) is 0 Å². The summed E-state index contributed by atoms with van der Waals surface area (Å²) in [5.41, 5.74) is 3.68. The third-order valence-electron chi connectivity index (χ3n) is 5.86. The van der Waals surface area contributed by atoms with Crippen molar-refractivity contribution in [3.63, 3.8) is 0 Å². The van der Waals surface area contributed by atoms with E-state index in [2.05, 4.69) is 34.9 Å². The Labute approximate surface area is 160 Å². The van der Waals surface area contributed by atoms with E-state index in [-0.39, 0.29) is 17.8 Å². The van der Waals surface area contributed by atoms with Gasteiger partial charge >= 0.3 is 5.97 Å². The number of H-pyrrole nitrogens is 1. The largest absolute Gasteiger partial charge is 0.462 e. The molecular formula is C21H30N3O3+. The smallest absolute Gasteiger partial charge is 0.340 e. The van der Waals surface area contributed by atoms with Crippen LogP contribution < -0.4 is 4.90 Å². The maximum atomic E-state index is 13.3. The molecule has 2 aromatic heterocycles. The monoisotopic (exact) mass is 372 g/mol. The van der Waals surface area contributed by atoms with Crippen molar-refractivity contribution in [3.8, 4) is 0 Å². The first kappa shape index (κ1) is 19.4. The number of quaternary nitrogens is 1. The maximum Gasteiger partial charge on any atom is 0.340 e. The van der Waals surface area contributed by atoms with E-state index in [1.165, 1.54) is 10.6 Å². The van der Waals surface area contributed by atoms with Gasteiger partial charge in [-0.2, -0.15) is 0 Å². The quantitative estimate of drug-likeness (QED) is 0.603. The lowest BCUT2D eigenvalue weighted by atomic mass is 10.0. The highest BCUT2D eigenvalue weighted by molar-refractivity contribution is 6.03. The Bertz CT molecular complexity index is 849. The Morgan fingerprint density at radius 1 is 1.41 bits per heavy atom. The van der Waals surface area contributed by atoms with Gasteiger partial charge in [0.25, 0.3) is 0 Å². The molecule has 1 aliphatic heterocycles. The lowest BCUT2D eigenvalue weighted by Gasteiger charge is -2.27. The standard InChI is InChI=1S/C21H29N3O3/c1-6-27-21(26)18-13(2)19(22-14(18)3)20(25)15(4)24-12-8-10-17(24)16-9-7-11-23(16)5/h7,9,11,15,17,22H,6,8,10,12H2,1-5H3/p+1/t15-,17+/m0/s1. The summed E-state index contributed by atoms with van der Waals surface area (Å²) < 4.78 is 7.29. The fourth-order valence-electron chi connectivity index (χ4n) is 4.45. The minimum atomic E-state index is -0.370. The van der Waals surface area contributed by atoms with Gasteiger partial charge in [0, 0.05) is 31.8 Å². The molecule has 2 N–H and O–H groups in total.